The van der Waals surface area contributed by atoms with Crippen LogP contribution in [0.1, 0.15) is 63.4 Å². The van der Waals surface area contributed by atoms with E-state index in [1.807, 2.05) is 6.92 Å². The Balaban J connectivity index is 3.21. The Labute approximate surface area is 168 Å². The fourth-order valence-corrected chi connectivity index (χ4v) is 2.99. The molecule has 7 nitrogen and oxygen atoms in total. The second-order valence-corrected chi connectivity index (χ2v) is 8.26. The molecule has 0 fully saturated rings. The highest BCUT2D eigenvalue weighted by Gasteiger charge is 2.33. The molecule has 0 radical (unpaired) electrons. The zero-order valence-electron chi connectivity index (χ0n) is 16.9. The summed E-state index contributed by atoms with van der Waals surface area (Å²) in [6, 6.07) is 1.51. The van der Waals surface area contributed by atoms with E-state index in [0.717, 1.165) is 0 Å². The largest absolute Gasteiger partial charge is 0.504 e. The van der Waals surface area contributed by atoms with Crippen LogP contribution >= 0.6 is 15.9 Å². The van der Waals surface area contributed by atoms with Gasteiger partial charge in [-0.1, -0.05) is 13.3 Å². The molecule has 0 aliphatic rings. The van der Waals surface area contributed by atoms with Crippen LogP contribution in [0.3, 0.4) is 0 Å². The smallest absolute Gasteiger partial charge is 0.410 e. The monoisotopic (exact) mass is 445 g/mol. The third-order valence-corrected chi connectivity index (χ3v) is 4.28. The average Bonchev–Trinajstić information content (AvgIpc) is 2.52. The summed E-state index contributed by atoms with van der Waals surface area (Å²) in [5.74, 6) is -0.663. The lowest BCUT2D eigenvalue weighted by Crippen LogP contribution is -2.52. The fourth-order valence-electron chi connectivity index (χ4n) is 2.49. The molecule has 0 saturated carbocycles. The maximum absolute atomic E-state index is 12.2. The number of alkyl carbamates (subject to hydrolysis) is 1. The highest BCUT2D eigenvalue weighted by Crippen LogP contribution is 2.41. The number of hydrogen-bond acceptors (Lipinski definition) is 6. The molecular formula is C19H28BrNO6. The lowest BCUT2D eigenvalue weighted by Gasteiger charge is -2.33. The molecule has 1 amide bonds. The molecule has 1 atom stereocenters. The molecule has 1 aromatic carbocycles. The molecule has 0 heterocycles. The van der Waals surface area contributed by atoms with Gasteiger partial charge in [0.25, 0.3) is 0 Å². The standard InChI is InChI=1S/C19H28BrNO6/c1-8-9-19(6,21-17(24)27-18(3,4)5)26-15-13(20)10-12(16(23)25-7)11(2)14(15)22/h10,22H,8-9H2,1-7H3,(H,21,24). The first-order chi connectivity index (χ1) is 12.3. The molecule has 152 valence electrons. The summed E-state index contributed by atoms with van der Waals surface area (Å²) in [4.78, 5) is 24.1. The SMILES string of the molecule is CCCC(C)(NC(=O)OC(C)(C)C)Oc1c(Br)cc(C(=O)OC)c(C)c1O. The van der Waals surface area contributed by atoms with Crippen molar-refractivity contribution in [1.29, 1.82) is 0 Å². The molecule has 0 bridgehead atoms. The van der Waals surface area contributed by atoms with Gasteiger partial charge in [-0.05, 0) is 56.6 Å². The molecule has 27 heavy (non-hydrogen) atoms. The predicted molar refractivity (Wildman–Crippen MR) is 105 cm³/mol. The zero-order chi connectivity index (χ0) is 21.0. The van der Waals surface area contributed by atoms with E-state index in [2.05, 4.69) is 21.2 Å². The van der Waals surface area contributed by atoms with Crippen molar-refractivity contribution in [2.75, 3.05) is 7.11 Å². The van der Waals surface area contributed by atoms with Crippen LogP contribution in [0.15, 0.2) is 10.5 Å². The van der Waals surface area contributed by atoms with Crippen LogP contribution in [0.25, 0.3) is 0 Å². The summed E-state index contributed by atoms with van der Waals surface area (Å²) >= 11 is 3.31. The number of phenolic OH excluding ortho intramolecular Hbond substituents is 1. The van der Waals surface area contributed by atoms with E-state index in [1.165, 1.54) is 13.2 Å². The van der Waals surface area contributed by atoms with Crippen molar-refractivity contribution in [2.45, 2.75) is 65.7 Å². The average molecular weight is 446 g/mol. The second-order valence-electron chi connectivity index (χ2n) is 7.41. The van der Waals surface area contributed by atoms with E-state index in [4.69, 9.17) is 14.2 Å². The van der Waals surface area contributed by atoms with Gasteiger partial charge in [-0.2, -0.15) is 0 Å². The number of carbonyl (C=O) groups is 2. The summed E-state index contributed by atoms with van der Waals surface area (Å²) in [6.45, 7) is 10.5. The molecule has 0 spiro atoms. The van der Waals surface area contributed by atoms with Gasteiger partial charge in [-0.25, -0.2) is 9.59 Å². The van der Waals surface area contributed by atoms with Crippen molar-refractivity contribution in [2.24, 2.45) is 0 Å². The molecule has 0 aromatic heterocycles. The predicted octanol–water partition coefficient (Wildman–Crippen LogP) is 4.67. The quantitative estimate of drug-likeness (QED) is 0.487. The fraction of sp³-hybridized carbons (Fsp3) is 0.579. The molecule has 2 N–H and O–H groups in total. The molecule has 0 saturated heterocycles. The number of hydrogen-bond donors (Lipinski definition) is 2. The maximum atomic E-state index is 12.2. The second kappa shape index (κ2) is 8.82. The molecular weight excluding hydrogens is 418 g/mol. The van der Waals surface area contributed by atoms with Crippen LogP contribution in [-0.2, 0) is 9.47 Å². The van der Waals surface area contributed by atoms with E-state index in [-0.39, 0.29) is 17.1 Å². The van der Waals surface area contributed by atoms with Crippen molar-refractivity contribution >= 4 is 28.0 Å². The number of ether oxygens (including phenoxy) is 3. The van der Waals surface area contributed by atoms with E-state index < -0.39 is 23.4 Å². The van der Waals surface area contributed by atoms with Crippen LogP contribution in [0, 0.1) is 6.92 Å². The van der Waals surface area contributed by atoms with Gasteiger partial charge >= 0.3 is 12.1 Å². The maximum Gasteiger partial charge on any atom is 0.410 e. The van der Waals surface area contributed by atoms with Crippen molar-refractivity contribution in [1.82, 2.24) is 5.32 Å². The van der Waals surface area contributed by atoms with Crippen LogP contribution in [-0.4, -0.2) is 35.6 Å². The minimum Gasteiger partial charge on any atom is -0.504 e. The summed E-state index contributed by atoms with van der Waals surface area (Å²) in [7, 11) is 1.26. The molecule has 1 unspecified atom stereocenters. The number of halogens is 1. The normalized spacial score (nSPS) is 13.5. The van der Waals surface area contributed by atoms with Crippen molar-refractivity contribution in [3.63, 3.8) is 0 Å². The molecule has 1 rings (SSSR count). The van der Waals surface area contributed by atoms with Gasteiger partial charge in [0.2, 0.25) is 0 Å². The summed E-state index contributed by atoms with van der Waals surface area (Å²) in [6.07, 6.45) is 0.553. The Morgan fingerprint density at radius 1 is 1.26 bits per heavy atom. The summed E-state index contributed by atoms with van der Waals surface area (Å²) in [5, 5.41) is 13.3. The van der Waals surface area contributed by atoms with E-state index in [1.54, 1.807) is 34.6 Å². The summed E-state index contributed by atoms with van der Waals surface area (Å²) < 4.78 is 16.4. The van der Waals surface area contributed by atoms with Gasteiger partial charge in [0.1, 0.15) is 5.60 Å². The number of aromatic hydroxyl groups is 1. The number of esters is 1. The van der Waals surface area contributed by atoms with Crippen LogP contribution in [0.4, 0.5) is 4.79 Å². The molecule has 0 aliphatic heterocycles. The number of carbonyl (C=O) groups excluding carboxylic acids is 2. The summed E-state index contributed by atoms with van der Waals surface area (Å²) in [5.41, 5.74) is -1.25. The van der Waals surface area contributed by atoms with Gasteiger partial charge < -0.3 is 19.3 Å². The zero-order valence-corrected chi connectivity index (χ0v) is 18.4. The number of rotatable bonds is 6. The van der Waals surface area contributed by atoms with Gasteiger partial charge in [0.15, 0.2) is 17.2 Å². The first-order valence-corrected chi connectivity index (χ1v) is 9.43. The lowest BCUT2D eigenvalue weighted by molar-refractivity contribution is 0.00552. The Morgan fingerprint density at radius 2 is 1.85 bits per heavy atom. The Hall–Kier alpha value is -1.96. The van der Waals surface area contributed by atoms with Crippen molar-refractivity contribution in [3.05, 3.63) is 21.7 Å². The first kappa shape index (κ1) is 23.1. The van der Waals surface area contributed by atoms with Gasteiger partial charge in [0.05, 0.1) is 17.1 Å². The number of methoxy groups -OCH3 is 1. The Bertz CT molecular complexity index is 713. The number of amides is 1. The van der Waals surface area contributed by atoms with Gasteiger partial charge in [-0.15, -0.1) is 0 Å². The first-order valence-electron chi connectivity index (χ1n) is 8.64. The highest BCUT2D eigenvalue weighted by atomic mass is 79.9. The number of benzene rings is 1. The van der Waals surface area contributed by atoms with Crippen LogP contribution < -0.4 is 10.1 Å². The lowest BCUT2D eigenvalue weighted by atomic mass is 10.1. The van der Waals surface area contributed by atoms with Crippen LogP contribution in [0.5, 0.6) is 11.5 Å². The molecule has 1 aromatic rings. The van der Waals surface area contributed by atoms with Gasteiger partial charge in [0, 0.05) is 12.0 Å². The third-order valence-electron chi connectivity index (χ3n) is 3.69. The molecule has 0 aliphatic carbocycles. The van der Waals surface area contributed by atoms with E-state index >= 15 is 0 Å². The van der Waals surface area contributed by atoms with Crippen molar-refractivity contribution < 1.29 is 28.9 Å². The minimum atomic E-state index is -1.13. The number of nitrogens with one attached hydrogen (secondary N) is 1. The highest BCUT2D eigenvalue weighted by molar-refractivity contribution is 9.10. The topological polar surface area (TPSA) is 94.1 Å². The van der Waals surface area contributed by atoms with Gasteiger partial charge in [-0.3, -0.25) is 5.32 Å². The van der Waals surface area contributed by atoms with Crippen molar-refractivity contribution in [3.8, 4) is 11.5 Å². The van der Waals surface area contributed by atoms with E-state index in [0.29, 0.717) is 22.9 Å². The Kier molecular flexibility index (Phi) is 7.54. The minimum absolute atomic E-state index is 0.118. The molecule has 8 heteroatoms. The Morgan fingerprint density at radius 3 is 2.33 bits per heavy atom. The third kappa shape index (κ3) is 6.30. The van der Waals surface area contributed by atoms with Crippen LogP contribution in [0.2, 0.25) is 0 Å². The number of phenols is 1. The van der Waals surface area contributed by atoms with E-state index in [9.17, 15) is 14.7 Å².